The second-order valence-corrected chi connectivity index (χ2v) is 4.23. The highest BCUT2D eigenvalue weighted by atomic mass is 16.2. The number of amides is 2. The van der Waals surface area contributed by atoms with Crippen molar-refractivity contribution in [3.05, 3.63) is 0 Å². The summed E-state index contributed by atoms with van der Waals surface area (Å²) in [5.74, 6) is 0.0303. The molecule has 4 heteroatoms. The zero-order valence-corrected chi connectivity index (χ0v) is 8.97. The molecule has 76 valence electrons. The monoisotopic (exact) mass is 186 g/mol. The van der Waals surface area contributed by atoms with E-state index in [1.165, 1.54) is 4.90 Å². The van der Waals surface area contributed by atoms with Crippen LogP contribution in [0.4, 0.5) is 4.79 Å². The van der Waals surface area contributed by atoms with Gasteiger partial charge in [-0.05, 0) is 0 Å². The van der Waals surface area contributed by atoms with Crippen LogP contribution in [0.3, 0.4) is 0 Å². The van der Waals surface area contributed by atoms with Crippen LogP contribution < -0.4 is 5.32 Å². The maximum absolute atomic E-state index is 11.4. The Bertz CT molecular complexity index is 204. The van der Waals surface area contributed by atoms with Gasteiger partial charge in [0.25, 0.3) is 0 Å². The van der Waals surface area contributed by atoms with Gasteiger partial charge in [0.2, 0.25) is 0 Å². The molecule has 2 amide bonds. The maximum atomic E-state index is 11.4. The number of hydrogen-bond acceptors (Lipinski definition) is 2. The number of nitrogens with zero attached hydrogens (tertiary/aromatic N) is 1. The average Bonchev–Trinajstić information content (AvgIpc) is 1.97. The molecule has 4 nitrogen and oxygen atoms in total. The Morgan fingerprint density at radius 1 is 1.23 bits per heavy atom. The summed E-state index contributed by atoms with van der Waals surface area (Å²) in [6, 6.07) is -0.238. The molecule has 0 fully saturated rings. The lowest BCUT2D eigenvalue weighted by molar-refractivity contribution is -0.125. The zero-order chi connectivity index (χ0) is 10.6. The molecular formula is C9H18N2O2. The van der Waals surface area contributed by atoms with Crippen molar-refractivity contribution in [1.29, 1.82) is 0 Å². The van der Waals surface area contributed by atoms with Gasteiger partial charge in [-0.25, -0.2) is 4.79 Å². The number of carbonyl (C=O) groups is 2. The van der Waals surface area contributed by atoms with Crippen molar-refractivity contribution in [3.63, 3.8) is 0 Å². The Hall–Kier alpha value is -1.06. The smallest absolute Gasteiger partial charge is 0.317 e. The van der Waals surface area contributed by atoms with Gasteiger partial charge in [-0.1, -0.05) is 20.8 Å². The first-order valence-corrected chi connectivity index (χ1v) is 4.23. The van der Waals surface area contributed by atoms with E-state index in [0.29, 0.717) is 0 Å². The van der Waals surface area contributed by atoms with E-state index in [2.05, 4.69) is 5.32 Å². The van der Waals surface area contributed by atoms with E-state index in [4.69, 9.17) is 0 Å². The lowest BCUT2D eigenvalue weighted by Gasteiger charge is -2.18. The van der Waals surface area contributed by atoms with Crippen molar-refractivity contribution in [1.82, 2.24) is 10.2 Å². The average molecular weight is 186 g/mol. The first-order valence-electron chi connectivity index (χ1n) is 4.23. The summed E-state index contributed by atoms with van der Waals surface area (Å²) >= 11 is 0. The third-order valence-corrected chi connectivity index (χ3v) is 1.64. The van der Waals surface area contributed by atoms with E-state index in [1.54, 1.807) is 14.1 Å². The highest BCUT2D eigenvalue weighted by molar-refractivity contribution is 5.88. The largest absolute Gasteiger partial charge is 0.331 e. The SMILES string of the molecule is CN(C)C(=O)NCC(=O)C(C)(C)C. The second kappa shape index (κ2) is 4.25. The van der Waals surface area contributed by atoms with Crippen LogP contribution in [0, 0.1) is 5.41 Å². The molecule has 0 aliphatic carbocycles. The molecule has 0 atom stereocenters. The van der Waals surface area contributed by atoms with Crippen LogP contribution in [0.25, 0.3) is 0 Å². The summed E-state index contributed by atoms with van der Waals surface area (Å²) in [5, 5.41) is 2.53. The van der Waals surface area contributed by atoms with Crippen molar-refractivity contribution >= 4 is 11.8 Å². The van der Waals surface area contributed by atoms with Gasteiger partial charge in [0.05, 0.1) is 6.54 Å². The van der Waals surface area contributed by atoms with Crippen molar-refractivity contribution in [2.45, 2.75) is 20.8 Å². The highest BCUT2D eigenvalue weighted by Crippen LogP contribution is 2.13. The second-order valence-electron chi connectivity index (χ2n) is 4.23. The van der Waals surface area contributed by atoms with Crippen LogP contribution in [0.5, 0.6) is 0 Å². The summed E-state index contributed by atoms with van der Waals surface area (Å²) < 4.78 is 0. The Morgan fingerprint density at radius 3 is 2.00 bits per heavy atom. The number of nitrogens with one attached hydrogen (secondary N) is 1. The molecule has 0 rings (SSSR count). The van der Waals surface area contributed by atoms with Gasteiger partial charge in [-0.2, -0.15) is 0 Å². The van der Waals surface area contributed by atoms with E-state index in [0.717, 1.165) is 0 Å². The van der Waals surface area contributed by atoms with Gasteiger partial charge in [0.15, 0.2) is 5.78 Å². The van der Waals surface area contributed by atoms with Crippen molar-refractivity contribution in [3.8, 4) is 0 Å². The molecule has 0 heterocycles. The van der Waals surface area contributed by atoms with Crippen molar-refractivity contribution < 1.29 is 9.59 Å². The summed E-state index contributed by atoms with van der Waals surface area (Å²) in [5.41, 5.74) is -0.389. The van der Waals surface area contributed by atoms with Crippen LogP contribution in [0.1, 0.15) is 20.8 Å². The third kappa shape index (κ3) is 4.50. The van der Waals surface area contributed by atoms with E-state index in [-0.39, 0.29) is 23.8 Å². The van der Waals surface area contributed by atoms with E-state index < -0.39 is 0 Å². The van der Waals surface area contributed by atoms with Crippen molar-refractivity contribution in [2.75, 3.05) is 20.6 Å². The molecular weight excluding hydrogens is 168 g/mol. The summed E-state index contributed by atoms with van der Waals surface area (Å²) in [6.45, 7) is 5.59. The molecule has 0 bridgehead atoms. The van der Waals surface area contributed by atoms with Crippen LogP contribution in [-0.2, 0) is 4.79 Å². The fourth-order valence-corrected chi connectivity index (χ4v) is 0.579. The first-order chi connectivity index (χ1) is 5.75. The number of hydrogen-bond donors (Lipinski definition) is 1. The lowest BCUT2D eigenvalue weighted by atomic mass is 9.91. The van der Waals surface area contributed by atoms with E-state index >= 15 is 0 Å². The fraction of sp³-hybridized carbons (Fsp3) is 0.778. The molecule has 0 aliphatic rings. The zero-order valence-electron chi connectivity index (χ0n) is 8.97. The molecule has 0 saturated carbocycles. The molecule has 0 spiro atoms. The molecule has 1 N–H and O–H groups in total. The Morgan fingerprint density at radius 2 is 1.69 bits per heavy atom. The Kier molecular flexibility index (Phi) is 3.91. The summed E-state index contributed by atoms with van der Waals surface area (Å²) in [6.07, 6.45) is 0. The van der Waals surface area contributed by atoms with Crippen LogP contribution in [-0.4, -0.2) is 37.4 Å². The highest BCUT2D eigenvalue weighted by Gasteiger charge is 2.21. The van der Waals surface area contributed by atoms with Crippen LogP contribution in [0.15, 0.2) is 0 Å². The maximum Gasteiger partial charge on any atom is 0.317 e. The molecule has 0 aromatic heterocycles. The molecule has 13 heavy (non-hydrogen) atoms. The minimum absolute atomic E-state index is 0.0303. The van der Waals surface area contributed by atoms with Crippen LogP contribution >= 0.6 is 0 Å². The van der Waals surface area contributed by atoms with Crippen molar-refractivity contribution in [2.24, 2.45) is 5.41 Å². The molecule has 0 aromatic carbocycles. The van der Waals surface area contributed by atoms with E-state index in [9.17, 15) is 9.59 Å². The topological polar surface area (TPSA) is 49.4 Å². The van der Waals surface area contributed by atoms with Gasteiger partial charge in [0.1, 0.15) is 0 Å². The minimum atomic E-state index is -0.389. The van der Waals surface area contributed by atoms with Gasteiger partial charge < -0.3 is 10.2 Å². The number of carbonyl (C=O) groups excluding carboxylic acids is 2. The Labute approximate surface area is 79.3 Å². The third-order valence-electron chi connectivity index (χ3n) is 1.64. The lowest BCUT2D eigenvalue weighted by Crippen LogP contribution is -2.40. The predicted molar refractivity (Wildman–Crippen MR) is 51.5 cm³/mol. The van der Waals surface area contributed by atoms with Crippen LogP contribution in [0.2, 0.25) is 0 Å². The standard InChI is InChI=1S/C9H18N2O2/c1-9(2,3)7(12)6-10-8(13)11(4)5/h6H2,1-5H3,(H,10,13). The Balaban J connectivity index is 3.92. The predicted octanol–water partition coefficient (Wildman–Crippen LogP) is 0.873. The summed E-state index contributed by atoms with van der Waals surface area (Å²) in [4.78, 5) is 23.8. The van der Waals surface area contributed by atoms with Gasteiger partial charge >= 0.3 is 6.03 Å². The number of Topliss-reactive ketones (excluding diaryl/α,β-unsaturated/α-hetero) is 1. The van der Waals surface area contributed by atoms with Gasteiger partial charge in [-0.3, -0.25) is 4.79 Å². The number of rotatable bonds is 2. The molecule has 0 aromatic rings. The normalized spacial score (nSPS) is 10.8. The summed E-state index contributed by atoms with van der Waals surface area (Å²) in [7, 11) is 3.27. The molecule has 0 aliphatic heterocycles. The molecule has 0 saturated heterocycles. The molecule has 0 radical (unpaired) electrons. The quantitative estimate of drug-likeness (QED) is 0.695. The number of urea groups is 1. The minimum Gasteiger partial charge on any atom is -0.331 e. The number of ketones is 1. The first kappa shape index (κ1) is 11.9. The van der Waals surface area contributed by atoms with Gasteiger partial charge in [-0.15, -0.1) is 0 Å². The van der Waals surface area contributed by atoms with Gasteiger partial charge in [0, 0.05) is 19.5 Å². The van der Waals surface area contributed by atoms with E-state index in [1.807, 2.05) is 20.8 Å². The fourth-order valence-electron chi connectivity index (χ4n) is 0.579. The molecule has 0 unspecified atom stereocenters.